The fourth-order valence-corrected chi connectivity index (χ4v) is 8.42. The molecule has 5 aliphatic rings. The molecule has 2 N–H and O–H groups in total. The molecule has 4 heterocycles. The molecule has 1 saturated carbocycles. The van der Waals surface area contributed by atoms with Gasteiger partial charge in [0.25, 0.3) is 5.97 Å². The van der Waals surface area contributed by atoms with E-state index in [0.29, 0.717) is 35.3 Å². The van der Waals surface area contributed by atoms with E-state index in [-0.39, 0.29) is 18.8 Å². The zero-order valence-corrected chi connectivity index (χ0v) is 21.3. The molecule has 1 aliphatic carbocycles. The minimum atomic E-state index is -1.25. The van der Waals surface area contributed by atoms with Crippen LogP contribution in [0.3, 0.4) is 0 Å². The molecule has 7 atom stereocenters. The highest BCUT2D eigenvalue weighted by molar-refractivity contribution is 5.98. The molecule has 35 heavy (non-hydrogen) atoms. The van der Waals surface area contributed by atoms with Crippen LogP contribution in [-0.2, 0) is 25.6 Å². The Balaban J connectivity index is 1.59. The summed E-state index contributed by atoms with van der Waals surface area (Å²) in [6.07, 6.45) is -0.802. The Morgan fingerprint density at radius 2 is 1.77 bits per heavy atom. The summed E-state index contributed by atoms with van der Waals surface area (Å²) in [6, 6.07) is 0. The van der Waals surface area contributed by atoms with Crippen molar-refractivity contribution in [2.45, 2.75) is 95.5 Å². The number of cyclic esters (lactones) is 1. The van der Waals surface area contributed by atoms with Crippen molar-refractivity contribution in [1.29, 1.82) is 0 Å². The van der Waals surface area contributed by atoms with Gasteiger partial charge in [-0.3, -0.25) is 0 Å². The van der Waals surface area contributed by atoms with Crippen LogP contribution in [0, 0.1) is 18.3 Å². The summed E-state index contributed by atoms with van der Waals surface area (Å²) in [5.74, 6) is -1.46. The lowest BCUT2D eigenvalue weighted by Gasteiger charge is -2.67. The number of hydrogen-bond donors (Lipinski definition) is 2. The van der Waals surface area contributed by atoms with Gasteiger partial charge in [-0.15, -0.1) is 0 Å². The predicted molar refractivity (Wildman–Crippen MR) is 121 cm³/mol. The normalized spacial score (nSPS) is 44.5. The topological polar surface area (TPSA) is 113 Å². The van der Waals surface area contributed by atoms with Gasteiger partial charge in [0, 0.05) is 36.8 Å². The van der Waals surface area contributed by atoms with Gasteiger partial charge in [0.2, 0.25) is 0 Å². The first kappa shape index (κ1) is 23.5. The molecule has 9 heteroatoms. The van der Waals surface area contributed by atoms with Crippen LogP contribution in [0.5, 0.6) is 11.5 Å². The van der Waals surface area contributed by atoms with Crippen molar-refractivity contribution in [3.05, 3.63) is 22.3 Å². The zero-order valence-electron chi connectivity index (χ0n) is 21.3. The van der Waals surface area contributed by atoms with Crippen molar-refractivity contribution in [3.8, 4) is 11.5 Å². The average molecular weight is 491 g/mol. The summed E-state index contributed by atoms with van der Waals surface area (Å²) in [7, 11) is 3.02. The lowest BCUT2D eigenvalue weighted by molar-refractivity contribution is -0.396. The molecule has 9 nitrogen and oxygen atoms in total. The number of ether oxygens (including phenoxy) is 6. The highest BCUT2D eigenvalue weighted by Crippen LogP contribution is 2.72. The van der Waals surface area contributed by atoms with Crippen LogP contribution < -0.4 is 9.47 Å². The maximum absolute atomic E-state index is 12.6. The molecule has 4 aliphatic heterocycles. The van der Waals surface area contributed by atoms with Crippen LogP contribution in [0.2, 0.25) is 0 Å². The van der Waals surface area contributed by atoms with E-state index in [0.717, 1.165) is 5.56 Å². The summed E-state index contributed by atoms with van der Waals surface area (Å²) in [5.41, 5.74) is -1.56. The Labute approximate surface area is 204 Å². The van der Waals surface area contributed by atoms with E-state index in [4.69, 9.17) is 28.4 Å². The van der Waals surface area contributed by atoms with Gasteiger partial charge in [-0.25, -0.2) is 4.79 Å². The molecular formula is C26H34O9. The number of hydrogen-bond acceptors (Lipinski definition) is 9. The molecule has 0 unspecified atom stereocenters. The lowest BCUT2D eigenvalue weighted by Crippen LogP contribution is -2.77. The van der Waals surface area contributed by atoms with Crippen LogP contribution in [-0.4, -0.2) is 59.3 Å². The summed E-state index contributed by atoms with van der Waals surface area (Å²) in [4.78, 5) is 12.6. The molecule has 0 amide bonds. The third kappa shape index (κ3) is 2.44. The number of methoxy groups -OCH3 is 2. The quantitative estimate of drug-likeness (QED) is 0.604. The fraction of sp³-hybridized carbons (Fsp3) is 0.731. The number of esters is 1. The molecule has 0 radical (unpaired) electrons. The molecule has 1 aromatic rings. The number of aliphatic hydroxyl groups is 2. The minimum Gasteiger partial charge on any atom is -0.495 e. The van der Waals surface area contributed by atoms with Crippen LogP contribution in [0.25, 0.3) is 0 Å². The SMILES string of the molecule is COc1c2c(c(C)c3c1[C@@H](O)[C@H]1[C@](C)(C[C@@H](O)[C@]45O[C@](OC)(CC[C@]14C)OC5(C)C)O3)COC2=O. The summed E-state index contributed by atoms with van der Waals surface area (Å²) in [5, 5.41) is 23.9. The molecule has 2 saturated heterocycles. The number of benzene rings is 1. The highest BCUT2D eigenvalue weighted by Gasteiger charge is 2.81. The van der Waals surface area contributed by atoms with Gasteiger partial charge in [-0.1, -0.05) is 6.92 Å². The third-order valence-electron chi connectivity index (χ3n) is 9.66. The van der Waals surface area contributed by atoms with Gasteiger partial charge in [-0.05, 0) is 39.7 Å². The average Bonchev–Trinajstić information content (AvgIpc) is 3.26. The van der Waals surface area contributed by atoms with E-state index in [1.54, 1.807) is 7.11 Å². The molecule has 0 aromatic heterocycles. The number of rotatable bonds is 2. The maximum Gasteiger partial charge on any atom is 0.342 e. The van der Waals surface area contributed by atoms with E-state index in [9.17, 15) is 15.0 Å². The van der Waals surface area contributed by atoms with E-state index < -0.39 is 52.3 Å². The largest absolute Gasteiger partial charge is 0.495 e. The van der Waals surface area contributed by atoms with Gasteiger partial charge in [-0.2, -0.15) is 0 Å². The third-order valence-corrected chi connectivity index (χ3v) is 9.66. The maximum atomic E-state index is 12.6. The van der Waals surface area contributed by atoms with Crippen LogP contribution >= 0.6 is 0 Å². The molecular weight excluding hydrogens is 456 g/mol. The molecule has 3 fully saturated rings. The van der Waals surface area contributed by atoms with Crippen molar-refractivity contribution in [2.24, 2.45) is 11.3 Å². The van der Waals surface area contributed by atoms with E-state index in [2.05, 4.69) is 0 Å². The predicted octanol–water partition coefficient (Wildman–Crippen LogP) is 2.90. The van der Waals surface area contributed by atoms with Gasteiger partial charge in [0.1, 0.15) is 40.5 Å². The Hall–Kier alpha value is -1.91. The number of carbonyl (C=O) groups excluding carboxylic acids is 1. The number of aliphatic hydroxyl groups excluding tert-OH is 2. The van der Waals surface area contributed by atoms with Crippen molar-refractivity contribution >= 4 is 5.97 Å². The Kier molecular flexibility index (Phi) is 4.49. The molecule has 1 aromatic carbocycles. The summed E-state index contributed by atoms with van der Waals surface area (Å²) in [6.45, 7) is 9.77. The first-order valence-corrected chi connectivity index (χ1v) is 12.2. The smallest absolute Gasteiger partial charge is 0.342 e. The highest BCUT2D eigenvalue weighted by atomic mass is 16.9. The second kappa shape index (κ2) is 6.69. The van der Waals surface area contributed by atoms with Crippen LogP contribution in [0.1, 0.15) is 80.1 Å². The van der Waals surface area contributed by atoms with Crippen LogP contribution in [0.4, 0.5) is 0 Å². The van der Waals surface area contributed by atoms with Crippen molar-refractivity contribution < 1.29 is 43.4 Å². The molecule has 6 rings (SSSR count). The standard InChI is InChI=1S/C26H34O9/c1-12-13-11-32-21(29)15(13)19(30-6)16-17(28)20-23(4)8-9-25(31-7)34-22(2,3)26(23,35-25)14(27)10-24(20,5)33-18(12)16/h14,17,20,27-28H,8-11H2,1-7H3/t14-,17-,20-,23-,24+,25+,26-/m1/s1. The van der Waals surface area contributed by atoms with Crippen molar-refractivity contribution in [2.75, 3.05) is 14.2 Å². The second-order valence-corrected chi connectivity index (χ2v) is 11.6. The van der Waals surface area contributed by atoms with Crippen LogP contribution in [0.15, 0.2) is 0 Å². The monoisotopic (exact) mass is 490 g/mol. The van der Waals surface area contributed by atoms with E-state index in [1.807, 2.05) is 34.6 Å². The van der Waals surface area contributed by atoms with Gasteiger partial charge >= 0.3 is 5.97 Å². The second-order valence-electron chi connectivity index (χ2n) is 11.6. The van der Waals surface area contributed by atoms with E-state index >= 15 is 0 Å². The number of carbonyl (C=O) groups is 1. The Bertz CT molecular complexity index is 1150. The lowest BCUT2D eigenvalue weighted by atomic mass is 9.45. The van der Waals surface area contributed by atoms with Gasteiger partial charge in [0.05, 0.1) is 24.9 Å². The zero-order chi connectivity index (χ0) is 25.3. The Morgan fingerprint density at radius 1 is 1.06 bits per heavy atom. The van der Waals surface area contributed by atoms with Crippen molar-refractivity contribution in [1.82, 2.24) is 0 Å². The minimum absolute atomic E-state index is 0.130. The first-order chi connectivity index (χ1) is 16.3. The van der Waals surface area contributed by atoms with Crippen molar-refractivity contribution in [3.63, 3.8) is 0 Å². The van der Waals surface area contributed by atoms with E-state index in [1.165, 1.54) is 7.11 Å². The molecule has 2 bridgehead atoms. The number of fused-ring (bicyclic) bond motifs is 5. The van der Waals surface area contributed by atoms with Gasteiger partial charge < -0.3 is 38.6 Å². The fourth-order valence-electron chi connectivity index (χ4n) is 8.42. The first-order valence-electron chi connectivity index (χ1n) is 12.2. The summed E-state index contributed by atoms with van der Waals surface area (Å²) >= 11 is 0. The summed E-state index contributed by atoms with van der Waals surface area (Å²) < 4.78 is 36.4. The molecule has 1 spiro atoms. The Morgan fingerprint density at radius 3 is 2.43 bits per heavy atom. The molecule has 192 valence electrons. The van der Waals surface area contributed by atoms with Gasteiger partial charge in [0.15, 0.2) is 0 Å².